The van der Waals surface area contributed by atoms with Crippen LogP contribution in [-0.4, -0.2) is 19.6 Å². The number of fused-ring (bicyclic) bond motifs is 1. The first-order chi connectivity index (χ1) is 12.4. The van der Waals surface area contributed by atoms with Gasteiger partial charge in [0.2, 0.25) is 0 Å². The lowest BCUT2D eigenvalue weighted by molar-refractivity contribution is -0.137. The van der Waals surface area contributed by atoms with Crippen LogP contribution in [0, 0.1) is 0 Å². The molecular formula is C18H11F3N4O. The van der Waals surface area contributed by atoms with E-state index in [0.29, 0.717) is 28.2 Å². The van der Waals surface area contributed by atoms with Crippen molar-refractivity contribution in [2.45, 2.75) is 6.18 Å². The summed E-state index contributed by atoms with van der Waals surface area (Å²) in [5, 5.41) is 4.06. The van der Waals surface area contributed by atoms with Gasteiger partial charge in [-0.1, -0.05) is 18.2 Å². The molecule has 3 heterocycles. The SMILES string of the molecule is O=c1cc(-c2ccc(C(F)(F)F)cc2)[nH]c2c(-c3ccccn3)cnn12. The van der Waals surface area contributed by atoms with Crippen LogP contribution in [0.3, 0.4) is 0 Å². The Hall–Kier alpha value is -3.42. The minimum Gasteiger partial charge on any atom is -0.339 e. The van der Waals surface area contributed by atoms with Gasteiger partial charge in [0, 0.05) is 12.3 Å². The van der Waals surface area contributed by atoms with Gasteiger partial charge in [0.15, 0.2) is 0 Å². The molecule has 4 rings (SSSR count). The summed E-state index contributed by atoms with van der Waals surface area (Å²) in [5.74, 6) is 0. The van der Waals surface area contributed by atoms with Crippen LogP contribution in [0.2, 0.25) is 0 Å². The summed E-state index contributed by atoms with van der Waals surface area (Å²) in [4.78, 5) is 19.6. The van der Waals surface area contributed by atoms with Crippen molar-refractivity contribution in [1.82, 2.24) is 19.6 Å². The zero-order valence-corrected chi connectivity index (χ0v) is 13.2. The zero-order valence-electron chi connectivity index (χ0n) is 13.2. The van der Waals surface area contributed by atoms with Crippen molar-refractivity contribution in [2.24, 2.45) is 0 Å². The molecule has 26 heavy (non-hydrogen) atoms. The largest absolute Gasteiger partial charge is 0.416 e. The standard InChI is InChI=1S/C18H11F3N4O/c19-18(20,21)12-6-4-11(5-7-12)15-9-16(26)25-17(24-15)13(10-23-25)14-3-1-2-8-22-14/h1-10,24H. The van der Waals surface area contributed by atoms with Gasteiger partial charge in [0.05, 0.1) is 28.7 Å². The van der Waals surface area contributed by atoms with Crippen LogP contribution in [0.25, 0.3) is 28.2 Å². The number of aromatic amines is 1. The fourth-order valence-electron chi connectivity index (χ4n) is 2.69. The van der Waals surface area contributed by atoms with Crippen molar-refractivity contribution in [3.8, 4) is 22.5 Å². The molecule has 3 aromatic heterocycles. The van der Waals surface area contributed by atoms with E-state index < -0.39 is 17.3 Å². The highest BCUT2D eigenvalue weighted by Crippen LogP contribution is 2.30. The van der Waals surface area contributed by atoms with Crippen LogP contribution in [0.1, 0.15) is 5.56 Å². The lowest BCUT2D eigenvalue weighted by Gasteiger charge is -2.08. The van der Waals surface area contributed by atoms with Crippen LogP contribution < -0.4 is 5.56 Å². The molecule has 0 spiro atoms. The second-order valence-corrected chi connectivity index (χ2v) is 5.63. The van der Waals surface area contributed by atoms with E-state index in [2.05, 4.69) is 15.1 Å². The van der Waals surface area contributed by atoms with E-state index in [1.165, 1.54) is 28.9 Å². The van der Waals surface area contributed by atoms with E-state index in [4.69, 9.17) is 0 Å². The third-order valence-corrected chi connectivity index (χ3v) is 3.96. The second kappa shape index (κ2) is 5.83. The number of rotatable bonds is 2. The Bertz CT molecular complexity index is 1130. The number of alkyl halides is 3. The zero-order chi connectivity index (χ0) is 18.3. The van der Waals surface area contributed by atoms with Crippen LogP contribution in [0.4, 0.5) is 13.2 Å². The molecule has 0 aliphatic heterocycles. The number of pyridine rings is 1. The van der Waals surface area contributed by atoms with Crippen LogP contribution in [0.15, 0.2) is 65.7 Å². The van der Waals surface area contributed by atoms with Crippen LogP contribution in [-0.2, 0) is 6.18 Å². The van der Waals surface area contributed by atoms with Crippen molar-refractivity contribution < 1.29 is 13.2 Å². The number of hydrogen-bond donors (Lipinski definition) is 1. The number of H-pyrrole nitrogens is 1. The average molecular weight is 356 g/mol. The normalized spacial score (nSPS) is 11.8. The highest BCUT2D eigenvalue weighted by Gasteiger charge is 2.30. The monoisotopic (exact) mass is 356 g/mol. The number of aromatic nitrogens is 4. The van der Waals surface area contributed by atoms with Gasteiger partial charge in [0.1, 0.15) is 5.65 Å². The molecule has 1 aromatic carbocycles. The van der Waals surface area contributed by atoms with E-state index in [0.717, 1.165) is 12.1 Å². The van der Waals surface area contributed by atoms with Crippen molar-refractivity contribution in [3.05, 3.63) is 76.8 Å². The molecule has 0 unspecified atom stereocenters. The number of nitrogens with one attached hydrogen (secondary N) is 1. The molecule has 0 atom stereocenters. The van der Waals surface area contributed by atoms with E-state index in [9.17, 15) is 18.0 Å². The highest BCUT2D eigenvalue weighted by molar-refractivity contribution is 5.76. The predicted octanol–water partition coefficient (Wildman–Crippen LogP) is 3.77. The Morgan fingerprint density at radius 1 is 1.04 bits per heavy atom. The third kappa shape index (κ3) is 2.75. The quantitative estimate of drug-likeness (QED) is 0.595. The minimum atomic E-state index is -4.41. The number of hydrogen-bond acceptors (Lipinski definition) is 3. The van der Waals surface area contributed by atoms with Crippen molar-refractivity contribution >= 4 is 5.65 Å². The lowest BCUT2D eigenvalue weighted by Crippen LogP contribution is -2.14. The van der Waals surface area contributed by atoms with Gasteiger partial charge in [-0.05, 0) is 29.8 Å². The Labute approximate surface area is 144 Å². The molecule has 130 valence electrons. The number of nitrogens with zero attached hydrogens (tertiary/aromatic N) is 3. The highest BCUT2D eigenvalue weighted by atomic mass is 19.4. The first kappa shape index (κ1) is 16.1. The van der Waals surface area contributed by atoms with Gasteiger partial charge in [-0.15, -0.1) is 0 Å². The third-order valence-electron chi connectivity index (χ3n) is 3.96. The average Bonchev–Trinajstić information content (AvgIpc) is 3.06. The summed E-state index contributed by atoms with van der Waals surface area (Å²) < 4.78 is 39.3. The molecular weight excluding hydrogens is 345 g/mol. The predicted molar refractivity (Wildman–Crippen MR) is 89.5 cm³/mol. The number of halogens is 3. The van der Waals surface area contributed by atoms with Gasteiger partial charge >= 0.3 is 6.18 Å². The molecule has 0 saturated heterocycles. The summed E-state index contributed by atoms with van der Waals surface area (Å²) in [6.07, 6.45) is -1.27. The second-order valence-electron chi connectivity index (χ2n) is 5.63. The lowest BCUT2D eigenvalue weighted by atomic mass is 10.1. The Morgan fingerprint density at radius 3 is 2.46 bits per heavy atom. The van der Waals surface area contributed by atoms with Gasteiger partial charge in [-0.25, -0.2) is 0 Å². The molecule has 5 nitrogen and oxygen atoms in total. The van der Waals surface area contributed by atoms with E-state index in [-0.39, 0.29) is 0 Å². The first-order valence-electron chi connectivity index (χ1n) is 7.63. The molecule has 0 fully saturated rings. The van der Waals surface area contributed by atoms with Crippen molar-refractivity contribution in [2.75, 3.05) is 0 Å². The molecule has 0 bridgehead atoms. The molecule has 4 aromatic rings. The summed E-state index contributed by atoms with van der Waals surface area (Å²) in [7, 11) is 0. The summed E-state index contributed by atoms with van der Waals surface area (Å²) >= 11 is 0. The minimum absolute atomic E-state index is 0.393. The van der Waals surface area contributed by atoms with Crippen molar-refractivity contribution in [3.63, 3.8) is 0 Å². The molecule has 1 N–H and O–H groups in total. The fraction of sp³-hybridized carbons (Fsp3) is 0.0556. The van der Waals surface area contributed by atoms with E-state index in [1.54, 1.807) is 18.3 Å². The maximum absolute atomic E-state index is 12.7. The van der Waals surface area contributed by atoms with Crippen molar-refractivity contribution in [1.29, 1.82) is 0 Å². The summed E-state index contributed by atoms with van der Waals surface area (Å²) in [6, 6.07) is 11.3. The van der Waals surface area contributed by atoms with E-state index in [1.807, 2.05) is 6.07 Å². The first-order valence-corrected chi connectivity index (χ1v) is 7.63. The van der Waals surface area contributed by atoms with Gasteiger partial charge < -0.3 is 4.98 Å². The molecule has 0 aliphatic rings. The van der Waals surface area contributed by atoms with Gasteiger partial charge in [0.25, 0.3) is 5.56 Å². The number of benzene rings is 1. The van der Waals surface area contributed by atoms with Crippen LogP contribution >= 0.6 is 0 Å². The molecule has 0 amide bonds. The van der Waals surface area contributed by atoms with Crippen LogP contribution in [0.5, 0.6) is 0 Å². The summed E-state index contributed by atoms with van der Waals surface area (Å²) in [5.41, 5.74) is 1.39. The Kier molecular flexibility index (Phi) is 3.61. The van der Waals surface area contributed by atoms with E-state index >= 15 is 0 Å². The maximum atomic E-state index is 12.7. The van der Waals surface area contributed by atoms with Gasteiger partial charge in [-0.2, -0.15) is 22.8 Å². The molecule has 0 saturated carbocycles. The molecule has 8 heteroatoms. The smallest absolute Gasteiger partial charge is 0.339 e. The molecule has 0 aliphatic carbocycles. The van der Waals surface area contributed by atoms with Gasteiger partial charge in [-0.3, -0.25) is 9.78 Å². The fourth-order valence-corrected chi connectivity index (χ4v) is 2.69. The Balaban J connectivity index is 1.86. The topological polar surface area (TPSA) is 63.0 Å². The maximum Gasteiger partial charge on any atom is 0.416 e. The summed E-state index contributed by atoms with van der Waals surface area (Å²) in [6.45, 7) is 0. The Morgan fingerprint density at radius 2 is 1.81 bits per heavy atom. The molecule has 0 radical (unpaired) electrons.